The van der Waals surface area contributed by atoms with Crippen molar-refractivity contribution in [2.45, 2.75) is 40.0 Å². The number of aryl methyl sites for hydroxylation is 3. The van der Waals surface area contributed by atoms with Crippen molar-refractivity contribution in [2.75, 3.05) is 4.90 Å². The number of hydrogen-bond acceptors (Lipinski definition) is 1. The minimum Gasteiger partial charge on any atom is -0.310 e. The maximum atomic E-state index is 2.46. The van der Waals surface area contributed by atoms with Gasteiger partial charge in [-0.2, -0.15) is 0 Å². The highest BCUT2D eigenvalue weighted by Gasteiger charge is 2.37. The van der Waals surface area contributed by atoms with Crippen LogP contribution in [0.1, 0.15) is 41.7 Å². The Morgan fingerprint density at radius 3 is 1.77 bits per heavy atom. The van der Waals surface area contributed by atoms with E-state index in [2.05, 4.69) is 137 Å². The molecule has 0 N–H and O–H groups in total. The third kappa shape index (κ3) is 3.38. The second-order valence-corrected chi connectivity index (χ2v) is 10.6. The molecule has 1 nitrogen and oxygen atoms in total. The van der Waals surface area contributed by atoms with Crippen LogP contribution in [0.15, 0.2) is 97.1 Å². The van der Waals surface area contributed by atoms with Gasteiger partial charge in [-0.3, -0.25) is 0 Å². The van der Waals surface area contributed by atoms with E-state index in [-0.39, 0.29) is 5.41 Å². The zero-order chi connectivity index (χ0) is 24.3. The summed E-state index contributed by atoms with van der Waals surface area (Å²) in [6.45, 7) is 11.3. The van der Waals surface area contributed by atoms with Crippen molar-refractivity contribution in [3.8, 4) is 11.1 Å². The summed E-state index contributed by atoms with van der Waals surface area (Å²) >= 11 is 0. The lowest BCUT2D eigenvalue weighted by atomic mass is 9.81. The van der Waals surface area contributed by atoms with Gasteiger partial charge in [-0.1, -0.05) is 86.1 Å². The first-order valence-electron chi connectivity index (χ1n) is 12.5. The fraction of sp³-hybridized carbons (Fsp3) is 0.176. The molecule has 0 unspecified atom stereocenters. The largest absolute Gasteiger partial charge is 0.310 e. The van der Waals surface area contributed by atoms with Gasteiger partial charge in [0.1, 0.15) is 0 Å². The molecule has 1 aliphatic rings. The standard InChI is InChI=1S/C34H31N/c1-22-10-8-12-25(18-22)35(26-13-9-11-23(2)19-26)32-21-31-33(28-15-7-6-14-27(28)32)29-17-16-24(3)20-30(29)34(31,4)5/h6-21H,1-5H3. The Balaban J connectivity index is 1.71. The molecule has 0 aliphatic heterocycles. The van der Waals surface area contributed by atoms with Crippen LogP contribution in [0.2, 0.25) is 0 Å². The smallest absolute Gasteiger partial charge is 0.0543 e. The van der Waals surface area contributed by atoms with Crippen molar-refractivity contribution in [3.05, 3.63) is 125 Å². The molecule has 0 amide bonds. The molecule has 6 rings (SSSR count). The Kier molecular flexibility index (Phi) is 4.86. The summed E-state index contributed by atoms with van der Waals surface area (Å²) in [6, 6.07) is 36.0. The lowest BCUT2D eigenvalue weighted by Gasteiger charge is -2.30. The summed E-state index contributed by atoms with van der Waals surface area (Å²) in [6.07, 6.45) is 0. The summed E-state index contributed by atoms with van der Waals surface area (Å²) in [4.78, 5) is 2.44. The van der Waals surface area contributed by atoms with Crippen LogP contribution in [0, 0.1) is 20.8 Å². The fourth-order valence-electron chi connectivity index (χ4n) is 5.82. The van der Waals surface area contributed by atoms with Crippen LogP contribution in [0.5, 0.6) is 0 Å². The van der Waals surface area contributed by atoms with E-state index in [0.29, 0.717) is 0 Å². The van der Waals surface area contributed by atoms with E-state index in [1.807, 2.05) is 0 Å². The van der Waals surface area contributed by atoms with Gasteiger partial charge >= 0.3 is 0 Å². The molecule has 1 aliphatic carbocycles. The zero-order valence-electron chi connectivity index (χ0n) is 21.2. The molecule has 1 heteroatoms. The Labute approximate surface area is 208 Å². The molecule has 5 aromatic carbocycles. The van der Waals surface area contributed by atoms with Crippen LogP contribution in [0.25, 0.3) is 21.9 Å². The minimum atomic E-state index is -0.0691. The van der Waals surface area contributed by atoms with Crippen LogP contribution in [0.3, 0.4) is 0 Å². The Bertz CT molecular complexity index is 1560. The van der Waals surface area contributed by atoms with E-state index in [1.54, 1.807) is 0 Å². The SMILES string of the molecule is Cc1cccc(N(c2cccc(C)c2)c2cc3c(c4ccccc24)-c2ccc(C)cc2C3(C)C)c1. The van der Waals surface area contributed by atoms with Gasteiger partial charge in [0.25, 0.3) is 0 Å². The average Bonchev–Trinajstić information content (AvgIpc) is 3.06. The van der Waals surface area contributed by atoms with Gasteiger partial charge in [0, 0.05) is 22.2 Å². The van der Waals surface area contributed by atoms with Crippen LogP contribution in [-0.4, -0.2) is 0 Å². The van der Waals surface area contributed by atoms with E-state index in [4.69, 9.17) is 0 Å². The van der Waals surface area contributed by atoms with E-state index in [0.717, 1.165) is 0 Å². The molecule has 0 radical (unpaired) electrons. The monoisotopic (exact) mass is 453 g/mol. The lowest BCUT2D eigenvalue weighted by Crippen LogP contribution is -2.17. The maximum Gasteiger partial charge on any atom is 0.0543 e. The Morgan fingerprint density at radius 2 is 1.14 bits per heavy atom. The second kappa shape index (κ2) is 7.85. The van der Waals surface area contributed by atoms with Gasteiger partial charge in [-0.15, -0.1) is 0 Å². The van der Waals surface area contributed by atoms with Crippen LogP contribution in [0.4, 0.5) is 17.1 Å². The van der Waals surface area contributed by atoms with Crippen molar-refractivity contribution < 1.29 is 0 Å². The lowest BCUT2D eigenvalue weighted by molar-refractivity contribution is 0.660. The normalized spacial score (nSPS) is 13.5. The van der Waals surface area contributed by atoms with Gasteiger partial charge in [0.05, 0.1) is 5.69 Å². The summed E-state index contributed by atoms with van der Waals surface area (Å²) in [7, 11) is 0. The number of fused-ring (bicyclic) bond motifs is 5. The van der Waals surface area contributed by atoms with Gasteiger partial charge < -0.3 is 4.90 Å². The average molecular weight is 454 g/mol. The number of benzene rings is 5. The first kappa shape index (κ1) is 21.7. The number of anilines is 3. The highest BCUT2D eigenvalue weighted by Crippen LogP contribution is 2.54. The number of rotatable bonds is 3. The van der Waals surface area contributed by atoms with Crippen molar-refractivity contribution in [1.29, 1.82) is 0 Å². The van der Waals surface area contributed by atoms with Crippen LogP contribution in [-0.2, 0) is 5.41 Å². The molecule has 5 aromatic rings. The third-order valence-electron chi connectivity index (χ3n) is 7.57. The summed E-state index contributed by atoms with van der Waals surface area (Å²) in [5.74, 6) is 0. The fourth-order valence-corrected chi connectivity index (χ4v) is 5.82. The van der Waals surface area contributed by atoms with E-state index >= 15 is 0 Å². The quantitative estimate of drug-likeness (QED) is 0.263. The highest BCUT2D eigenvalue weighted by atomic mass is 15.1. The molecule has 0 atom stereocenters. The predicted molar refractivity (Wildman–Crippen MR) is 150 cm³/mol. The molecule has 0 saturated heterocycles. The van der Waals surface area contributed by atoms with Gasteiger partial charge in [-0.25, -0.2) is 0 Å². The molecule has 0 spiro atoms. The number of nitrogens with zero attached hydrogens (tertiary/aromatic N) is 1. The molecule has 0 heterocycles. The van der Waals surface area contributed by atoms with E-state index in [9.17, 15) is 0 Å². The summed E-state index contributed by atoms with van der Waals surface area (Å²) in [5, 5.41) is 2.60. The first-order valence-corrected chi connectivity index (χ1v) is 12.5. The minimum absolute atomic E-state index is 0.0691. The Morgan fingerprint density at radius 1 is 0.543 bits per heavy atom. The molecular weight excluding hydrogens is 422 g/mol. The van der Waals surface area contributed by atoms with Gasteiger partial charge in [0.2, 0.25) is 0 Å². The molecule has 0 aromatic heterocycles. The maximum absolute atomic E-state index is 2.46. The van der Waals surface area contributed by atoms with E-state index < -0.39 is 0 Å². The van der Waals surface area contributed by atoms with Crippen molar-refractivity contribution in [3.63, 3.8) is 0 Å². The Hall–Kier alpha value is -3.84. The molecule has 0 saturated carbocycles. The number of hydrogen-bond donors (Lipinski definition) is 0. The van der Waals surface area contributed by atoms with Crippen molar-refractivity contribution >= 4 is 27.8 Å². The predicted octanol–water partition coefficient (Wildman–Crippen LogP) is 9.54. The first-order chi connectivity index (χ1) is 16.8. The van der Waals surface area contributed by atoms with Crippen molar-refractivity contribution in [1.82, 2.24) is 0 Å². The topological polar surface area (TPSA) is 3.24 Å². The van der Waals surface area contributed by atoms with Crippen LogP contribution >= 0.6 is 0 Å². The zero-order valence-corrected chi connectivity index (χ0v) is 21.2. The van der Waals surface area contributed by atoms with Gasteiger partial charge in [-0.05, 0) is 89.9 Å². The molecule has 0 fully saturated rings. The molecule has 0 bridgehead atoms. The second-order valence-electron chi connectivity index (χ2n) is 10.6. The van der Waals surface area contributed by atoms with Crippen LogP contribution < -0.4 is 4.90 Å². The molecule has 172 valence electrons. The highest BCUT2D eigenvalue weighted by molar-refractivity contribution is 6.10. The third-order valence-corrected chi connectivity index (χ3v) is 7.57. The van der Waals surface area contributed by atoms with E-state index in [1.165, 1.54) is 66.8 Å². The summed E-state index contributed by atoms with van der Waals surface area (Å²) < 4.78 is 0. The molecule has 35 heavy (non-hydrogen) atoms. The van der Waals surface area contributed by atoms with Gasteiger partial charge in [0.15, 0.2) is 0 Å². The van der Waals surface area contributed by atoms with Crippen molar-refractivity contribution in [2.24, 2.45) is 0 Å². The molecular formula is C34H31N. The summed E-state index contributed by atoms with van der Waals surface area (Å²) in [5.41, 5.74) is 12.9.